The molecule has 0 aromatic carbocycles. The summed E-state index contributed by atoms with van der Waals surface area (Å²) in [6.07, 6.45) is 19.0. The van der Waals surface area contributed by atoms with E-state index in [0.717, 1.165) is 47.8 Å². The molecular formula is C26H34N10Os. The summed E-state index contributed by atoms with van der Waals surface area (Å²) in [4.78, 5) is 27.8. The second-order valence-electron chi connectivity index (χ2n) is 9.00. The first-order chi connectivity index (χ1) is 17.4. The van der Waals surface area contributed by atoms with Gasteiger partial charge in [0.1, 0.15) is 0 Å². The molecular weight excluding hydrogens is 643 g/mol. The summed E-state index contributed by atoms with van der Waals surface area (Å²) in [7, 11) is 7.94. The molecule has 6 heterocycles. The Morgan fingerprint density at radius 3 is 1.41 bits per heavy atom. The van der Waals surface area contributed by atoms with Crippen molar-refractivity contribution in [1.82, 2.24) is 33.6 Å². The zero-order valence-corrected chi connectivity index (χ0v) is 24.7. The van der Waals surface area contributed by atoms with Crippen LogP contribution in [-0.4, -0.2) is 70.9 Å². The number of hydrogen-bond acceptors (Lipinski definition) is 7. The van der Waals surface area contributed by atoms with Crippen LogP contribution in [0.25, 0.3) is 11.6 Å². The van der Waals surface area contributed by atoms with Crippen LogP contribution < -0.4 is 0 Å². The Bertz CT molecular complexity index is 1270. The molecule has 11 heteroatoms. The van der Waals surface area contributed by atoms with Crippen LogP contribution >= 0.6 is 0 Å². The molecule has 3 aliphatic rings. The summed E-state index contributed by atoms with van der Waals surface area (Å²) in [6.45, 7) is 6.19. The number of likely N-dealkylation sites (N-methyl/N-ethyl adjacent to an activating group) is 1. The van der Waals surface area contributed by atoms with Crippen molar-refractivity contribution in [2.24, 2.45) is 48.0 Å². The Morgan fingerprint density at radius 2 is 1.11 bits per heavy atom. The average Bonchev–Trinajstić information content (AvgIpc) is 3.67. The van der Waals surface area contributed by atoms with Crippen LogP contribution in [0.3, 0.4) is 0 Å². The van der Waals surface area contributed by atoms with Crippen molar-refractivity contribution in [2.75, 3.05) is 20.1 Å². The van der Waals surface area contributed by atoms with Gasteiger partial charge in [0.05, 0.1) is 18.0 Å². The molecule has 10 nitrogen and oxygen atoms in total. The van der Waals surface area contributed by atoms with Crippen LogP contribution in [0.5, 0.6) is 0 Å². The van der Waals surface area contributed by atoms with Crippen molar-refractivity contribution < 1.29 is 19.8 Å². The van der Waals surface area contributed by atoms with Gasteiger partial charge in [-0.1, -0.05) is 26.0 Å². The first-order valence-electron chi connectivity index (χ1n) is 12.0. The van der Waals surface area contributed by atoms with E-state index in [1.807, 2.05) is 72.9 Å². The number of allylic oxidation sites excluding steroid dienone is 2. The van der Waals surface area contributed by atoms with Gasteiger partial charge in [-0.3, -0.25) is 15.0 Å². The number of aliphatic imine (C=N–C) groups is 3. The van der Waals surface area contributed by atoms with E-state index in [4.69, 9.17) is 0 Å². The van der Waals surface area contributed by atoms with Crippen LogP contribution in [0.2, 0.25) is 0 Å². The van der Waals surface area contributed by atoms with Gasteiger partial charge in [0.25, 0.3) is 0 Å². The predicted octanol–water partition coefficient (Wildman–Crippen LogP) is 3.13. The van der Waals surface area contributed by atoms with Gasteiger partial charge in [-0.05, 0) is 0 Å². The topological polar surface area (TPSA) is 93.8 Å². The minimum absolute atomic E-state index is 0. The molecule has 196 valence electrons. The van der Waals surface area contributed by atoms with E-state index in [1.54, 1.807) is 18.6 Å². The van der Waals surface area contributed by atoms with E-state index in [2.05, 4.69) is 60.8 Å². The molecule has 0 amide bonds. The summed E-state index contributed by atoms with van der Waals surface area (Å²) in [5.41, 5.74) is 2.26. The second-order valence-corrected chi connectivity index (χ2v) is 9.00. The van der Waals surface area contributed by atoms with Crippen LogP contribution in [0, 0.1) is 11.8 Å². The monoisotopic (exact) mass is 678 g/mol. The van der Waals surface area contributed by atoms with Crippen molar-refractivity contribution in [1.29, 1.82) is 0 Å². The molecule has 3 aliphatic heterocycles. The molecule has 2 atom stereocenters. The molecule has 37 heavy (non-hydrogen) atoms. The minimum Gasteiger partial charge on any atom is -0.355 e. The first kappa shape index (κ1) is 28.1. The third kappa shape index (κ3) is 6.47. The van der Waals surface area contributed by atoms with Gasteiger partial charge in [-0.15, -0.1) is 0 Å². The summed E-state index contributed by atoms with van der Waals surface area (Å²) in [5, 5.41) is 0. The van der Waals surface area contributed by atoms with E-state index in [0.29, 0.717) is 11.8 Å². The fraction of sp³-hybridized carbons (Fsp3) is 0.385. The molecule has 3 aromatic heterocycles. The zero-order valence-electron chi connectivity index (χ0n) is 22.2. The van der Waals surface area contributed by atoms with Crippen molar-refractivity contribution in [2.45, 2.75) is 13.8 Å². The van der Waals surface area contributed by atoms with E-state index < -0.39 is 0 Å². The molecule has 6 rings (SSSR count). The largest absolute Gasteiger partial charge is 0.355 e. The third-order valence-corrected chi connectivity index (χ3v) is 6.22. The maximum Gasteiger partial charge on any atom is 0.176 e. The summed E-state index contributed by atoms with van der Waals surface area (Å²) < 4.78 is 5.88. The van der Waals surface area contributed by atoms with Crippen molar-refractivity contribution >= 4 is 17.3 Å². The summed E-state index contributed by atoms with van der Waals surface area (Å²) >= 11 is 0. The fourth-order valence-corrected chi connectivity index (χ4v) is 4.04. The summed E-state index contributed by atoms with van der Waals surface area (Å²) in [5.74, 6) is 4.61. The molecule has 0 radical (unpaired) electrons. The minimum atomic E-state index is 0. The zero-order chi connectivity index (χ0) is 25.7. The maximum absolute atomic E-state index is 4.38. The number of rotatable bonds is 3. The Balaban J connectivity index is 0.000000152. The molecule has 0 spiro atoms. The van der Waals surface area contributed by atoms with Gasteiger partial charge >= 0.3 is 0 Å². The Hall–Kier alpha value is -3.44. The Kier molecular flexibility index (Phi) is 9.64. The van der Waals surface area contributed by atoms with E-state index in [-0.39, 0.29) is 19.8 Å². The predicted molar refractivity (Wildman–Crippen MR) is 144 cm³/mol. The fourth-order valence-electron chi connectivity index (χ4n) is 4.04. The maximum atomic E-state index is 4.38. The average molecular weight is 677 g/mol. The van der Waals surface area contributed by atoms with E-state index >= 15 is 0 Å². The molecule has 0 aliphatic carbocycles. The Morgan fingerprint density at radius 1 is 0.676 bits per heavy atom. The van der Waals surface area contributed by atoms with Crippen LogP contribution in [0.4, 0.5) is 0 Å². The van der Waals surface area contributed by atoms with Gasteiger partial charge in [0.2, 0.25) is 0 Å². The van der Waals surface area contributed by atoms with Crippen LogP contribution in [-0.2, 0) is 40.9 Å². The van der Waals surface area contributed by atoms with Gasteiger partial charge in [0.15, 0.2) is 23.3 Å². The molecule has 0 saturated heterocycles. The standard InChI is InChI=1S/C10H12N2.C8H12N4.C8H10N4.Os/c1-7-3-5-11-9(7)10-8(2)4-6-12-10;2*1-11-5-3-9-7(11)8-10-4-6-12(8)2;/h3-8H,1-2H3;3,5H,4,6H2,1-2H3;3-6H,1-2H3;. The SMILES string of the molecule is CC1C=CN=C1C1=NC=CC1C.CN1CCN=C1c1nccn1C.Cn1ccnc1-c1nccn1C.[Os]. The number of nitrogens with zero attached hydrogens (tertiary/aromatic N) is 10. The smallest absolute Gasteiger partial charge is 0.176 e. The number of hydrogen-bond donors (Lipinski definition) is 0. The quantitative estimate of drug-likeness (QED) is 0.427. The molecule has 0 bridgehead atoms. The van der Waals surface area contributed by atoms with Crippen LogP contribution in [0.1, 0.15) is 19.7 Å². The van der Waals surface area contributed by atoms with Crippen molar-refractivity contribution in [3.05, 3.63) is 67.6 Å². The number of amidine groups is 1. The first-order valence-corrected chi connectivity index (χ1v) is 12.0. The van der Waals surface area contributed by atoms with E-state index in [1.165, 1.54) is 0 Å². The van der Waals surface area contributed by atoms with Gasteiger partial charge in [-0.2, -0.15) is 0 Å². The number of imidazole rings is 3. The Labute approximate surface area is 231 Å². The van der Waals surface area contributed by atoms with Gasteiger partial charge in [0, 0.05) is 116 Å². The molecule has 3 aromatic rings. The number of aromatic nitrogens is 6. The third-order valence-electron chi connectivity index (χ3n) is 6.22. The molecule has 0 N–H and O–H groups in total. The normalized spacial score (nSPS) is 19.4. The van der Waals surface area contributed by atoms with Gasteiger partial charge < -0.3 is 18.6 Å². The van der Waals surface area contributed by atoms with E-state index in [9.17, 15) is 0 Å². The molecule has 0 saturated carbocycles. The van der Waals surface area contributed by atoms with Crippen molar-refractivity contribution in [3.8, 4) is 11.6 Å². The molecule has 0 fully saturated rings. The molecule has 2 unspecified atom stereocenters. The second kappa shape index (κ2) is 12.7. The van der Waals surface area contributed by atoms with Gasteiger partial charge in [-0.25, -0.2) is 15.0 Å². The van der Waals surface area contributed by atoms with Crippen molar-refractivity contribution in [3.63, 3.8) is 0 Å². The summed E-state index contributed by atoms with van der Waals surface area (Å²) in [6, 6.07) is 0. The number of aryl methyl sites for hydroxylation is 3. The van der Waals surface area contributed by atoms with Crippen LogP contribution in [0.15, 0.2) is 76.7 Å².